The molecule has 3 aromatic carbocycles. The van der Waals surface area contributed by atoms with Gasteiger partial charge >= 0.3 is 6.01 Å². The van der Waals surface area contributed by atoms with Crippen LogP contribution in [0.1, 0.15) is 44.6 Å². The lowest BCUT2D eigenvalue weighted by atomic mass is 9.91. The molecule has 6 atom stereocenters. The standard InChI is InChI=1S/C36H36F3N5O4/c1-17-9-22-26(48-17)6-3-18-10-21(45)11-23(27(18)22)28-30(38)32-29-33(31(28)39)46-15-25-24-5-4-20(40-24)14-44(25)34(29)42-35(41-32)47-16-36-7-2-8-43(36)13-19(37)12-36/h3,6,10-11,17,19-20,24-25,40,45H,2,4-5,7-9,12-16H2,1H3/t17?,19-,20?,24?,25?,36+/m0/s1. The Morgan fingerprint density at radius 2 is 2.02 bits per heavy atom. The van der Waals surface area contributed by atoms with E-state index < -0.39 is 23.3 Å². The molecule has 4 saturated heterocycles. The van der Waals surface area contributed by atoms with E-state index in [1.165, 1.54) is 6.07 Å². The Hall–Kier alpha value is -4.03. The summed E-state index contributed by atoms with van der Waals surface area (Å²) in [5, 5.41) is 15.9. The molecule has 0 aliphatic carbocycles. The maximum absolute atomic E-state index is 17.3. The van der Waals surface area contributed by atoms with E-state index in [9.17, 15) is 9.50 Å². The number of benzene rings is 3. The van der Waals surface area contributed by atoms with Crippen LogP contribution in [0, 0.1) is 11.6 Å². The molecule has 2 N–H and O–H groups in total. The fourth-order valence-corrected chi connectivity index (χ4v) is 9.60. The molecule has 4 fully saturated rings. The molecule has 2 bridgehead atoms. The van der Waals surface area contributed by atoms with Crippen LogP contribution in [0.2, 0.25) is 0 Å². The van der Waals surface area contributed by atoms with Gasteiger partial charge in [-0.1, -0.05) is 6.07 Å². The Morgan fingerprint density at radius 1 is 1.12 bits per heavy atom. The predicted octanol–water partition coefficient (Wildman–Crippen LogP) is 5.41. The second kappa shape index (κ2) is 10.2. The Labute approximate surface area is 275 Å². The largest absolute Gasteiger partial charge is 0.508 e. The summed E-state index contributed by atoms with van der Waals surface area (Å²) in [5.74, 6) is -0.950. The summed E-state index contributed by atoms with van der Waals surface area (Å²) >= 11 is 0. The lowest BCUT2D eigenvalue weighted by Crippen LogP contribution is -2.60. The van der Waals surface area contributed by atoms with E-state index in [1.807, 2.05) is 13.0 Å². The minimum Gasteiger partial charge on any atom is -0.508 e. The number of anilines is 1. The quantitative estimate of drug-likeness (QED) is 0.298. The molecular weight excluding hydrogens is 623 g/mol. The number of phenolic OH excluding ortho intramolecular Hbond substituents is 1. The Bertz CT molecular complexity index is 2030. The van der Waals surface area contributed by atoms with Gasteiger partial charge in [0, 0.05) is 43.6 Å². The molecule has 0 saturated carbocycles. The fourth-order valence-electron chi connectivity index (χ4n) is 9.60. The van der Waals surface area contributed by atoms with Gasteiger partial charge < -0.3 is 29.5 Å². The van der Waals surface area contributed by atoms with Crippen LogP contribution < -0.4 is 24.4 Å². The smallest absolute Gasteiger partial charge is 0.319 e. The number of hydrogen-bond donors (Lipinski definition) is 2. The van der Waals surface area contributed by atoms with Gasteiger partial charge in [-0.2, -0.15) is 9.97 Å². The first kappa shape index (κ1) is 28.9. The van der Waals surface area contributed by atoms with Crippen LogP contribution in [0.15, 0.2) is 24.3 Å². The molecule has 0 spiro atoms. The van der Waals surface area contributed by atoms with Crippen molar-refractivity contribution < 1.29 is 32.5 Å². The number of aromatic nitrogens is 2. The monoisotopic (exact) mass is 659 g/mol. The summed E-state index contributed by atoms with van der Waals surface area (Å²) in [6.07, 6.45) is 3.58. The van der Waals surface area contributed by atoms with E-state index in [1.54, 1.807) is 12.1 Å². The third kappa shape index (κ3) is 4.11. The number of aromatic hydroxyl groups is 1. The summed E-state index contributed by atoms with van der Waals surface area (Å²) in [4.78, 5) is 13.7. The zero-order valence-electron chi connectivity index (χ0n) is 26.6. The van der Waals surface area contributed by atoms with Gasteiger partial charge in [0.2, 0.25) is 0 Å². The Balaban J connectivity index is 1.19. The van der Waals surface area contributed by atoms with Crippen LogP contribution in [0.25, 0.3) is 32.8 Å². The van der Waals surface area contributed by atoms with Crippen LogP contribution in [-0.2, 0) is 6.42 Å². The van der Waals surface area contributed by atoms with Crippen molar-refractivity contribution in [3.8, 4) is 34.4 Å². The zero-order chi connectivity index (χ0) is 32.5. The van der Waals surface area contributed by atoms with E-state index >= 15 is 8.78 Å². The zero-order valence-corrected chi connectivity index (χ0v) is 26.6. The number of rotatable bonds is 4. The lowest BCUT2D eigenvalue weighted by molar-refractivity contribution is 0.107. The van der Waals surface area contributed by atoms with Crippen LogP contribution in [0.3, 0.4) is 0 Å². The highest BCUT2D eigenvalue weighted by molar-refractivity contribution is 6.06. The van der Waals surface area contributed by atoms with Gasteiger partial charge in [-0.05, 0) is 73.7 Å². The lowest BCUT2D eigenvalue weighted by Gasteiger charge is -2.40. The van der Waals surface area contributed by atoms with Crippen LogP contribution in [0.5, 0.6) is 23.3 Å². The topological polar surface area (TPSA) is 92.2 Å². The molecule has 9 nitrogen and oxygen atoms in total. The number of halogens is 3. The van der Waals surface area contributed by atoms with Gasteiger partial charge in [0.05, 0.1) is 22.5 Å². The van der Waals surface area contributed by atoms with E-state index in [0.29, 0.717) is 48.3 Å². The molecule has 10 rings (SSSR count). The molecule has 4 unspecified atom stereocenters. The van der Waals surface area contributed by atoms with Gasteiger partial charge in [-0.3, -0.25) is 4.90 Å². The molecule has 4 aromatic rings. The molecule has 0 amide bonds. The highest BCUT2D eigenvalue weighted by Crippen LogP contribution is 2.50. The third-order valence-electron chi connectivity index (χ3n) is 11.7. The van der Waals surface area contributed by atoms with E-state index in [2.05, 4.69) is 20.1 Å². The number of hydrogen-bond acceptors (Lipinski definition) is 9. The van der Waals surface area contributed by atoms with Crippen molar-refractivity contribution in [1.29, 1.82) is 0 Å². The first-order chi connectivity index (χ1) is 23.3. The number of piperazine rings is 1. The van der Waals surface area contributed by atoms with Crippen molar-refractivity contribution in [3.05, 3.63) is 41.5 Å². The molecule has 6 aliphatic rings. The molecule has 1 aromatic heterocycles. The maximum atomic E-state index is 17.3. The van der Waals surface area contributed by atoms with Crippen molar-refractivity contribution in [3.63, 3.8) is 0 Å². The summed E-state index contributed by atoms with van der Waals surface area (Å²) in [7, 11) is 0. The highest BCUT2D eigenvalue weighted by Gasteiger charge is 2.50. The predicted molar refractivity (Wildman–Crippen MR) is 173 cm³/mol. The average Bonchev–Trinajstić information content (AvgIpc) is 3.79. The Kier molecular flexibility index (Phi) is 6.17. The number of nitrogens with zero attached hydrogens (tertiary/aromatic N) is 4. The molecule has 12 heteroatoms. The number of alkyl halides is 1. The van der Waals surface area contributed by atoms with E-state index in [-0.39, 0.29) is 77.0 Å². The second-order valence-corrected chi connectivity index (χ2v) is 14.6. The van der Waals surface area contributed by atoms with Crippen LogP contribution >= 0.6 is 0 Å². The highest BCUT2D eigenvalue weighted by atomic mass is 19.1. The van der Waals surface area contributed by atoms with Gasteiger partial charge in [-0.15, -0.1) is 0 Å². The minimum atomic E-state index is -0.928. The summed E-state index contributed by atoms with van der Waals surface area (Å²) in [6, 6.07) is 6.74. The average molecular weight is 660 g/mol. The number of phenols is 1. The van der Waals surface area contributed by atoms with E-state index in [0.717, 1.165) is 37.8 Å². The summed E-state index contributed by atoms with van der Waals surface area (Å²) in [5.41, 5.74) is 0.122. The molecule has 250 valence electrons. The Morgan fingerprint density at radius 3 is 2.92 bits per heavy atom. The first-order valence-electron chi connectivity index (χ1n) is 17.1. The normalized spacial score (nSPS) is 30.2. The maximum Gasteiger partial charge on any atom is 0.319 e. The minimum absolute atomic E-state index is 0.0288. The van der Waals surface area contributed by atoms with Gasteiger partial charge in [-0.25, -0.2) is 13.2 Å². The van der Waals surface area contributed by atoms with Crippen molar-refractivity contribution in [2.75, 3.05) is 37.7 Å². The summed E-state index contributed by atoms with van der Waals surface area (Å²) in [6.45, 7) is 4.08. The number of nitrogens with one attached hydrogen (secondary N) is 1. The molecule has 48 heavy (non-hydrogen) atoms. The van der Waals surface area contributed by atoms with Gasteiger partial charge in [0.25, 0.3) is 0 Å². The van der Waals surface area contributed by atoms with Crippen molar-refractivity contribution in [2.24, 2.45) is 0 Å². The molecule has 6 aliphatic heterocycles. The van der Waals surface area contributed by atoms with Crippen LogP contribution in [-0.4, -0.2) is 88.8 Å². The number of fused-ring (bicyclic) bond motifs is 9. The fraction of sp³-hybridized carbons (Fsp3) is 0.500. The third-order valence-corrected chi connectivity index (χ3v) is 11.7. The van der Waals surface area contributed by atoms with Crippen LogP contribution in [0.4, 0.5) is 19.0 Å². The van der Waals surface area contributed by atoms with Gasteiger partial charge in [0.15, 0.2) is 17.4 Å². The van der Waals surface area contributed by atoms with Crippen molar-refractivity contribution >= 4 is 27.5 Å². The van der Waals surface area contributed by atoms with Crippen molar-refractivity contribution in [1.82, 2.24) is 20.2 Å². The second-order valence-electron chi connectivity index (χ2n) is 14.6. The number of ether oxygens (including phenoxy) is 3. The van der Waals surface area contributed by atoms with E-state index in [4.69, 9.17) is 19.2 Å². The van der Waals surface area contributed by atoms with Crippen molar-refractivity contribution in [2.45, 2.75) is 81.4 Å². The first-order valence-corrected chi connectivity index (χ1v) is 17.1. The van der Waals surface area contributed by atoms with Gasteiger partial charge in [0.1, 0.15) is 48.3 Å². The SMILES string of the molecule is CC1Cc2c(ccc3cc(O)cc(-c4c(F)c5c6c(nc(OC[C@]78CCCN7C[C@@H](F)C8)nc6c4F)N4CC6CCC(N6)C4CO5)c23)O1. The molecule has 7 heterocycles. The summed E-state index contributed by atoms with van der Waals surface area (Å²) < 4.78 is 67.6. The molecular formula is C36H36F3N5O4. The molecule has 0 radical (unpaired) electrons.